The summed E-state index contributed by atoms with van der Waals surface area (Å²) in [6.07, 6.45) is 0. The van der Waals surface area contributed by atoms with E-state index in [1.54, 1.807) is 12.1 Å². The highest BCUT2D eigenvalue weighted by Gasteiger charge is 2.11. The molecular weight excluding hydrogens is 241 g/mol. The molecule has 0 aliphatic carbocycles. The van der Waals surface area contributed by atoms with Crippen molar-refractivity contribution < 1.29 is 9.13 Å². The average molecular weight is 259 g/mol. The van der Waals surface area contributed by atoms with E-state index in [1.807, 2.05) is 38.2 Å². The van der Waals surface area contributed by atoms with Crippen LogP contribution in [-0.4, -0.2) is 13.7 Å². The van der Waals surface area contributed by atoms with E-state index >= 15 is 0 Å². The Balaban J connectivity index is 2.23. The number of nitrogens with one attached hydrogen (secondary N) is 1. The van der Waals surface area contributed by atoms with Crippen LogP contribution in [0, 0.1) is 5.82 Å². The van der Waals surface area contributed by atoms with Gasteiger partial charge in [-0.05, 0) is 49.4 Å². The van der Waals surface area contributed by atoms with Gasteiger partial charge in [-0.2, -0.15) is 0 Å². The molecule has 19 heavy (non-hydrogen) atoms. The van der Waals surface area contributed by atoms with Crippen molar-refractivity contribution in [2.75, 3.05) is 13.7 Å². The summed E-state index contributed by atoms with van der Waals surface area (Å²) in [7, 11) is 1.89. The standard InChI is InChI=1S/C16H18FNO/c1-3-19-15-10-6-13(7-11-15)16(18-2)12-4-8-14(17)9-5-12/h4-11,16,18H,3H2,1-2H3. The highest BCUT2D eigenvalue weighted by Crippen LogP contribution is 2.24. The minimum absolute atomic E-state index is 0.0521. The van der Waals surface area contributed by atoms with Crippen LogP contribution in [0.4, 0.5) is 4.39 Å². The van der Waals surface area contributed by atoms with Gasteiger partial charge in [0.1, 0.15) is 11.6 Å². The predicted octanol–water partition coefficient (Wildman–Crippen LogP) is 3.53. The normalized spacial score (nSPS) is 12.2. The van der Waals surface area contributed by atoms with Gasteiger partial charge < -0.3 is 10.1 Å². The van der Waals surface area contributed by atoms with Crippen LogP contribution in [0.5, 0.6) is 5.75 Å². The zero-order valence-electron chi connectivity index (χ0n) is 11.2. The van der Waals surface area contributed by atoms with Crippen LogP contribution in [0.15, 0.2) is 48.5 Å². The quantitative estimate of drug-likeness (QED) is 0.887. The maximum absolute atomic E-state index is 13.0. The second kappa shape index (κ2) is 6.34. The lowest BCUT2D eigenvalue weighted by Gasteiger charge is -2.17. The van der Waals surface area contributed by atoms with E-state index < -0.39 is 0 Å². The summed E-state index contributed by atoms with van der Waals surface area (Å²) in [5.74, 6) is 0.644. The molecule has 2 rings (SSSR count). The Bertz CT molecular complexity index is 507. The van der Waals surface area contributed by atoms with Crippen molar-refractivity contribution in [2.24, 2.45) is 0 Å². The maximum Gasteiger partial charge on any atom is 0.123 e. The average Bonchev–Trinajstić information content (AvgIpc) is 2.44. The van der Waals surface area contributed by atoms with Crippen LogP contribution < -0.4 is 10.1 Å². The third-order valence-electron chi connectivity index (χ3n) is 3.02. The Labute approximate surface area is 113 Å². The Hall–Kier alpha value is -1.87. The van der Waals surface area contributed by atoms with Gasteiger partial charge in [0.15, 0.2) is 0 Å². The van der Waals surface area contributed by atoms with Crippen LogP contribution in [-0.2, 0) is 0 Å². The molecule has 0 aromatic heterocycles. The highest BCUT2D eigenvalue weighted by molar-refractivity contribution is 5.35. The maximum atomic E-state index is 13.0. The smallest absolute Gasteiger partial charge is 0.123 e. The van der Waals surface area contributed by atoms with Gasteiger partial charge in [-0.25, -0.2) is 4.39 Å². The molecule has 2 aromatic carbocycles. The minimum Gasteiger partial charge on any atom is -0.494 e. The first-order chi connectivity index (χ1) is 9.24. The second-order valence-corrected chi connectivity index (χ2v) is 4.28. The molecule has 100 valence electrons. The molecule has 1 N–H and O–H groups in total. The summed E-state index contributed by atoms with van der Waals surface area (Å²) in [5.41, 5.74) is 2.16. The van der Waals surface area contributed by atoms with Crippen molar-refractivity contribution in [1.82, 2.24) is 5.32 Å². The largest absolute Gasteiger partial charge is 0.494 e. The monoisotopic (exact) mass is 259 g/mol. The minimum atomic E-state index is -0.217. The number of hydrogen-bond donors (Lipinski definition) is 1. The number of rotatable bonds is 5. The van der Waals surface area contributed by atoms with Gasteiger partial charge in [-0.3, -0.25) is 0 Å². The van der Waals surface area contributed by atoms with Gasteiger partial charge in [0.05, 0.1) is 12.6 Å². The fraction of sp³-hybridized carbons (Fsp3) is 0.250. The molecule has 1 atom stereocenters. The van der Waals surface area contributed by atoms with Crippen LogP contribution in [0.1, 0.15) is 24.1 Å². The molecule has 0 saturated heterocycles. The van der Waals surface area contributed by atoms with Gasteiger partial charge in [0.25, 0.3) is 0 Å². The lowest BCUT2D eigenvalue weighted by atomic mass is 9.99. The van der Waals surface area contributed by atoms with Crippen LogP contribution >= 0.6 is 0 Å². The van der Waals surface area contributed by atoms with Gasteiger partial charge in [-0.15, -0.1) is 0 Å². The predicted molar refractivity (Wildman–Crippen MR) is 74.9 cm³/mol. The molecule has 2 aromatic rings. The molecule has 0 saturated carbocycles. The van der Waals surface area contributed by atoms with Crippen molar-refractivity contribution in [3.63, 3.8) is 0 Å². The van der Waals surface area contributed by atoms with Crippen molar-refractivity contribution in [1.29, 1.82) is 0 Å². The topological polar surface area (TPSA) is 21.3 Å². The summed E-state index contributed by atoms with van der Waals surface area (Å²) in [5, 5.41) is 3.24. The van der Waals surface area contributed by atoms with E-state index in [0.29, 0.717) is 6.61 Å². The summed E-state index contributed by atoms with van der Waals surface area (Å²) < 4.78 is 18.4. The first-order valence-corrected chi connectivity index (χ1v) is 6.40. The summed E-state index contributed by atoms with van der Waals surface area (Å²) in [6.45, 7) is 2.62. The summed E-state index contributed by atoms with van der Waals surface area (Å²) >= 11 is 0. The molecule has 0 bridgehead atoms. The van der Waals surface area contributed by atoms with Gasteiger partial charge in [-0.1, -0.05) is 24.3 Å². The Morgan fingerprint density at radius 2 is 1.53 bits per heavy atom. The molecule has 0 fully saturated rings. The lowest BCUT2D eigenvalue weighted by molar-refractivity contribution is 0.340. The van der Waals surface area contributed by atoms with Gasteiger partial charge in [0.2, 0.25) is 0 Å². The van der Waals surface area contributed by atoms with E-state index in [2.05, 4.69) is 5.32 Å². The molecule has 0 aliphatic rings. The molecule has 0 aliphatic heterocycles. The molecule has 0 amide bonds. The second-order valence-electron chi connectivity index (χ2n) is 4.28. The van der Waals surface area contributed by atoms with E-state index in [9.17, 15) is 4.39 Å². The van der Waals surface area contributed by atoms with Crippen molar-refractivity contribution in [3.05, 3.63) is 65.5 Å². The van der Waals surface area contributed by atoms with Crippen LogP contribution in [0.2, 0.25) is 0 Å². The van der Waals surface area contributed by atoms with E-state index in [0.717, 1.165) is 16.9 Å². The number of benzene rings is 2. The molecule has 3 heteroatoms. The molecule has 0 heterocycles. The molecule has 0 spiro atoms. The molecule has 2 nitrogen and oxygen atoms in total. The highest BCUT2D eigenvalue weighted by atomic mass is 19.1. The van der Waals surface area contributed by atoms with E-state index in [4.69, 9.17) is 4.74 Å². The summed E-state index contributed by atoms with van der Waals surface area (Å²) in [6, 6.07) is 14.6. The van der Waals surface area contributed by atoms with Crippen LogP contribution in [0.25, 0.3) is 0 Å². The molecule has 1 unspecified atom stereocenters. The van der Waals surface area contributed by atoms with Gasteiger partial charge in [0, 0.05) is 0 Å². The molecule has 0 radical (unpaired) electrons. The van der Waals surface area contributed by atoms with Gasteiger partial charge >= 0.3 is 0 Å². The fourth-order valence-corrected chi connectivity index (χ4v) is 2.10. The Morgan fingerprint density at radius 1 is 1.00 bits per heavy atom. The fourth-order valence-electron chi connectivity index (χ4n) is 2.10. The van der Waals surface area contributed by atoms with Crippen LogP contribution in [0.3, 0.4) is 0 Å². The Morgan fingerprint density at radius 3 is 2.00 bits per heavy atom. The molecular formula is C16H18FNO. The van der Waals surface area contributed by atoms with Crippen molar-refractivity contribution in [2.45, 2.75) is 13.0 Å². The zero-order chi connectivity index (χ0) is 13.7. The van der Waals surface area contributed by atoms with Crippen molar-refractivity contribution >= 4 is 0 Å². The number of hydrogen-bond acceptors (Lipinski definition) is 2. The lowest BCUT2D eigenvalue weighted by Crippen LogP contribution is -2.17. The summed E-state index contributed by atoms with van der Waals surface area (Å²) in [4.78, 5) is 0. The van der Waals surface area contributed by atoms with Crippen molar-refractivity contribution in [3.8, 4) is 5.75 Å². The Kier molecular flexibility index (Phi) is 4.53. The number of halogens is 1. The zero-order valence-corrected chi connectivity index (χ0v) is 11.2. The third-order valence-corrected chi connectivity index (χ3v) is 3.02. The van der Waals surface area contributed by atoms with E-state index in [1.165, 1.54) is 12.1 Å². The van der Waals surface area contributed by atoms with E-state index in [-0.39, 0.29) is 11.9 Å². The SMILES string of the molecule is CCOc1ccc(C(NC)c2ccc(F)cc2)cc1. The number of ether oxygens (including phenoxy) is 1. The first-order valence-electron chi connectivity index (χ1n) is 6.40. The third kappa shape index (κ3) is 3.32. The first kappa shape index (κ1) is 13.6.